The maximum absolute atomic E-state index is 10.3. The molecule has 1 heterocycles. The van der Waals surface area contributed by atoms with Crippen LogP contribution in [0.15, 0.2) is 24.5 Å². The first-order valence-electron chi connectivity index (χ1n) is 5.25. The molecule has 5 heteroatoms. The van der Waals surface area contributed by atoms with Crippen molar-refractivity contribution in [3.05, 3.63) is 30.1 Å². The summed E-state index contributed by atoms with van der Waals surface area (Å²) in [6.45, 7) is 1.30. The van der Waals surface area contributed by atoms with Crippen LogP contribution in [0.25, 0.3) is 0 Å². The van der Waals surface area contributed by atoms with Crippen molar-refractivity contribution < 1.29 is 9.90 Å². The van der Waals surface area contributed by atoms with E-state index in [1.807, 2.05) is 18.3 Å². The van der Waals surface area contributed by atoms with Crippen molar-refractivity contribution in [3.63, 3.8) is 0 Å². The number of aromatic nitrogens is 1. The SMILES string of the molecule is NC(CNCCc1cccnc1)CC(=O)O. The van der Waals surface area contributed by atoms with E-state index in [2.05, 4.69) is 10.3 Å². The number of carboxylic acid groups (broad SMARTS) is 1. The van der Waals surface area contributed by atoms with Crippen LogP contribution in [0.3, 0.4) is 0 Å². The first-order valence-corrected chi connectivity index (χ1v) is 5.25. The summed E-state index contributed by atoms with van der Waals surface area (Å²) in [5.41, 5.74) is 6.75. The molecule has 1 rings (SSSR count). The molecule has 0 spiro atoms. The fourth-order valence-corrected chi connectivity index (χ4v) is 1.36. The second-order valence-corrected chi connectivity index (χ2v) is 3.67. The van der Waals surface area contributed by atoms with Crippen LogP contribution < -0.4 is 11.1 Å². The molecule has 1 aromatic rings. The number of carbonyl (C=O) groups is 1. The molecule has 0 saturated heterocycles. The molecule has 0 radical (unpaired) electrons. The van der Waals surface area contributed by atoms with Gasteiger partial charge in [-0.2, -0.15) is 0 Å². The topological polar surface area (TPSA) is 88.2 Å². The lowest BCUT2D eigenvalue weighted by Crippen LogP contribution is -2.36. The second-order valence-electron chi connectivity index (χ2n) is 3.67. The summed E-state index contributed by atoms with van der Waals surface area (Å²) in [5, 5.41) is 11.6. The highest BCUT2D eigenvalue weighted by atomic mass is 16.4. The third kappa shape index (κ3) is 5.43. The van der Waals surface area contributed by atoms with E-state index in [9.17, 15) is 4.79 Å². The molecule has 0 aliphatic heterocycles. The van der Waals surface area contributed by atoms with E-state index in [0.717, 1.165) is 18.5 Å². The molecule has 0 aromatic carbocycles. The number of pyridine rings is 1. The molecular formula is C11H17N3O2. The molecule has 0 saturated carbocycles. The van der Waals surface area contributed by atoms with Crippen molar-refractivity contribution in [3.8, 4) is 0 Å². The van der Waals surface area contributed by atoms with Crippen molar-refractivity contribution >= 4 is 5.97 Å². The summed E-state index contributed by atoms with van der Waals surface area (Å²) in [4.78, 5) is 14.4. The maximum Gasteiger partial charge on any atom is 0.304 e. The Kier molecular flexibility index (Phi) is 5.45. The molecule has 1 unspecified atom stereocenters. The normalized spacial score (nSPS) is 12.3. The number of nitrogens with one attached hydrogen (secondary N) is 1. The van der Waals surface area contributed by atoms with E-state index in [1.54, 1.807) is 6.20 Å². The van der Waals surface area contributed by atoms with E-state index < -0.39 is 5.97 Å². The van der Waals surface area contributed by atoms with Gasteiger partial charge >= 0.3 is 5.97 Å². The van der Waals surface area contributed by atoms with Gasteiger partial charge < -0.3 is 16.2 Å². The molecular weight excluding hydrogens is 206 g/mol. The van der Waals surface area contributed by atoms with Crippen molar-refractivity contribution in [1.82, 2.24) is 10.3 Å². The summed E-state index contributed by atoms with van der Waals surface area (Å²) in [7, 11) is 0. The zero-order valence-electron chi connectivity index (χ0n) is 9.10. The zero-order valence-corrected chi connectivity index (χ0v) is 9.10. The number of rotatable bonds is 7. The fraction of sp³-hybridized carbons (Fsp3) is 0.455. The van der Waals surface area contributed by atoms with Gasteiger partial charge in [0.1, 0.15) is 0 Å². The van der Waals surface area contributed by atoms with Crippen LogP contribution in [-0.2, 0) is 11.2 Å². The Balaban J connectivity index is 2.10. The smallest absolute Gasteiger partial charge is 0.304 e. The van der Waals surface area contributed by atoms with Crippen LogP contribution in [0.5, 0.6) is 0 Å². The molecule has 0 aliphatic carbocycles. The van der Waals surface area contributed by atoms with Gasteiger partial charge in [-0.3, -0.25) is 9.78 Å². The minimum absolute atomic E-state index is 0.000107. The summed E-state index contributed by atoms with van der Waals surface area (Å²) in [5.74, 6) is -0.860. The Hall–Kier alpha value is -1.46. The van der Waals surface area contributed by atoms with Gasteiger partial charge in [0.25, 0.3) is 0 Å². The van der Waals surface area contributed by atoms with E-state index in [0.29, 0.717) is 6.54 Å². The highest BCUT2D eigenvalue weighted by molar-refractivity contribution is 5.67. The first kappa shape index (κ1) is 12.6. The molecule has 5 nitrogen and oxygen atoms in total. The Bertz CT molecular complexity index is 316. The van der Waals surface area contributed by atoms with Crippen molar-refractivity contribution in [2.24, 2.45) is 5.73 Å². The van der Waals surface area contributed by atoms with Crippen molar-refractivity contribution in [2.45, 2.75) is 18.9 Å². The van der Waals surface area contributed by atoms with E-state index in [-0.39, 0.29) is 12.5 Å². The summed E-state index contributed by atoms with van der Waals surface area (Å²) in [6.07, 6.45) is 4.42. The predicted molar refractivity (Wildman–Crippen MR) is 61.0 cm³/mol. The molecule has 0 fully saturated rings. The van der Waals surface area contributed by atoms with Crippen LogP contribution >= 0.6 is 0 Å². The van der Waals surface area contributed by atoms with Gasteiger partial charge in [0.15, 0.2) is 0 Å². The first-order chi connectivity index (χ1) is 7.68. The Labute approximate surface area is 94.7 Å². The average Bonchev–Trinajstić information content (AvgIpc) is 2.25. The third-order valence-electron chi connectivity index (χ3n) is 2.16. The molecule has 0 amide bonds. The van der Waals surface area contributed by atoms with E-state index in [4.69, 9.17) is 10.8 Å². The van der Waals surface area contributed by atoms with Gasteiger partial charge in [0.2, 0.25) is 0 Å². The largest absolute Gasteiger partial charge is 0.481 e. The van der Waals surface area contributed by atoms with Crippen LogP contribution in [0.1, 0.15) is 12.0 Å². The van der Waals surface area contributed by atoms with Crippen molar-refractivity contribution in [2.75, 3.05) is 13.1 Å². The van der Waals surface area contributed by atoms with Crippen LogP contribution in [0.2, 0.25) is 0 Å². The van der Waals surface area contributed by atoms with E-state index in [1.165, 1.54) is 0 Å². The Morgan fingerprint density at radius 3 is 3.06 bits per heavy atom. The number of carboxylic acids is 1. The molecule has 1 atom stereocenters. The van der Waals surface area contributed by atoms with Crippen LogP contribution in [0, 0.1) is 0 Å². The monoisotopic (exact) mass is 223 g/mol. The molecule has 1 aromatic heterocycles. The number of nitrogens with zero attached hydrogens (tertiary/aromatic N) is 1. The minimum Gasteiger partial charge on any atom is -0.481 e. The van der Waals surface area contributed by atoms with Gasteiger partial charge in [0, 0.05) is 25.0 Å². The maximum atomic E-state index is 10.3. The van der Waals surface area contributed by atoms with Gasteiger partial charge in [-0.15, -0.1) is 0 Å². The molecule has 88 valence electrons. The lowest BCUT2D eigenvalue weighted by Gasteiger charge is -2.10. The van der Waals surface area contributed by atoms with Crippen molar-refractivity contribution in [1.29, 1.82) is 0 Å². The zero-order chi connectivity index (χ0) is 11.8. The van der Waals surface area contributed by atoms with Crippen LogP contribution in [-0.4, -0.2) is 35.2 Å². The molecule has 0 aliphatic rings. The average molecular weight is 223 g/mol. The number of nitrogens with two attached hydrogens (primary N) is 1. The molecule has 0 bridgehead atoms. The fourth-order valence-electron chi connectivity index (χ4n) is 1.36. The highest BCUT2D eigenvalue weighted by Crippen LogP contribution is 1.95. The Morgan fingerprint density at radius 1 is 1.62 bits per heavy atom. The Morgan fingerprint density at radius 2 is 2.44 bits per heavy atom. The minimum atomic E-state index is -0.860. The number of hydrogen-bond acceptors (Lipinski definition) is 4. The number of hydrogen-bond donors (Lipinski definition) is 3. The van der Waals surface area contributed by atoms with Gasteiger partial charge in [-0.05, 0) is 24.6 Å². The van der Waals surface area contributed by atoms with E-state index >= 15 is 0 Å². The lowest BCUT2D eigenvalue weighted by atomic mass is 10.2. The second kappa shape index (κ2) is 6.92. The summed E-state index contributed by atoms with van der Waals surface area (Å²) >= 11 is 0. The molecule has 4 N–H and O–H groups in total. The lowest BCUT2D eigenvalue weighted by molar-refractivity contribution is -0.137. The predicted octanol–water partition coefficient (Wildman–Crippen LogP) is 0.0157. The van der Waals surface area contributed by atoms with Gasteiger partial charge in [0.05, 0.1) is 6.42 Å². The molecule has 16 heavy (non-hydrogen) atoms. The quantitative estimate of drug-likeness (QED) is 0.567. The highest BCUT2D eigenvalue weighted by Gasteiger charge is 2.06. The standard InChI is InChI=1S/C11H17N3O2/c12-10(6-11(15)16)8-14-5-3-9-2-1-4-13-7-9/h1-2,4,7,10,14H,3,5-6,8,12H2,(H,15,16). The number of aliphatic carboxylic acids is 1. The summed E-state index contributed by atoms with van der Waals surface area (Å²) < 4.78 is 0. The van der Waals surface area contributed by atoms with Gasteiger partial charge in [-0.25, -0.2) is 0 Å². The van der Waals surface area contributed by atoms with Crippen LogP contribution in [0.4, 0.5) is 0 Å². The third-order valence-corrected chi connectivity index (χ3v) is 2.16. The summed E-state index contributed by atoms with van der Waals surface area (Å²) in [6, 6.07) is 3.57. The van der Waals surface area contributed by atoms with Gasteiger partial charge in [-0.1, -0.05) is 6.07 Å².